The summed E-state index contributed by atoms with van der Waals surface area (Å²) in [7, 11) is 4.46. The molecule has 7 nitrogen and oxygen atoms in total. The maximum atomic E-state index is 12.7. The number of esters is 1. The van der Waals surface area contributed by atoms with E-state index in [1.807, 2.05) is 29.2 Å². The smallest absolute Gasteiger partial charge is 0.323 e. The van der Waals surface area contributed by atoms with Crippen LogP contribution in [-0.2, 0) is 27.3 Å². The molecule has 0 bridgehead atoms. The van der Waals surface area contributed by atoms with Gasteiger partial charge in [0.2, 0.25) is 5.91 Å². The van der Waals surface area contributed by atoms with Crippen LogP contribution in [0, 0.1) is 0 Å². The summed E-state index contributed by atoms with van der Waals surface area (Å²) < 4.78 is 15.4. The molecule has 2 aromatic carbocycles. The van der Waals surface area contributed by atoms with E-state index in [9.17, 15) is 9.59 Å². The standard InChI is InChI=1S/C21H24N2O5/c1-26-16-8-9-17(19(11-16)27-2)22-20(24)13-23-12-15-7-5-4-6-14(15)10-18(23)21(25)28-3/h4-9,11,18H,10,12-13H2,1-3H3,(H,22,24)/t18-/m0/s1. The molecule has 0 spiro atoms. The molecule has 2 aromatic rings. The van der Waals surface area contributed by atoms with E-state index in [1.165, 1.54) is 14.2 Å². The van der Waals surface area contributed by atoms with E-state index >= 15 is 0 Å². The van der Waals surface area contributed by atoms with E-state index < -0.39 is 6.04 Å². The highest BCUT2D eigenvalue weighted by Crippen LogP contribution is 2.29. The Bertz CT molecular complexity index is 868. The number of ether oxygens (including phenoxy) is 3. The third-order valence-corrected chi connectivity index (χ3v) is 4.85. The van der Waals surface area contributed by atoms with E-state index in [4.69, 9.17) is 14.2 Å². The number of amides is 1. The normalized spacial score (nSPS) is 16.0. The number of methoxy groups -OCH3 is 3. The van der Waals surface area contributed by atoms with Gasteiger partial charge in [-0.15, -0.1) is 0 Å². The van der Waals surface area contributed by atoms with Gasteiger partial charge in [0.25, 0.3) is 0 Å². The van der Waals surface area contributed by atoms with Crippen molar-refractivity contribution < 1.29 is 23.8 Å². The van der Waals surface area contributed by atoms with E-state index in [0.29, 0.717) is 30.2 Å². The van der Waals surface area contributed by atoms with Crippen LogP contribution >= 0.6 is 0 Å². The van der Waals surface area contributed by atoms with Crippen LogP contribution in [0.5, 0.6) is 11.5 Å². The Morgan fingerprint density at radius 3 is 2.50 bits per heavy atom. The maximum Gasteiger partial charge on any atom is 0.323 e. The predicted molar refractivity (Wildman–Crippen MR) is 105 cm³/mol. The zero-order valence-electron chi connectivity index (χ0n) is 16.2. The summed E-state index contributed by atoms with van der Waals surface area (Å²) >= 11 is 0. The van der Waals surface area contributed by atoms with Gasteiger partial charge in [0.15, 0.2) is 0 Å². The topological polar surface area (TPSA) is 77.1 Å². The molecule has 1 heterocycles. The number of hydrogen-bond donors (Lipinski definition) is 1. The van der Waals surface area contributed by atoms with Gasteiger partial charge in [0.1, 0.15) is 17.5 Å². The van der Waals surface area contributed by atoms with Gasteiger partial charge in [-0.05, 0) is 29.7 Å². The number of nitrogens with zero attached hydrogens (tertiary/aromatic N) is 1. The molecule has 1 atom stereocenters. The highest BCUT2D eigenvalue weighted by atomic mass is 16.5. The molecule has 0 saturated carbocycles. The van der Waals surface area contributed by atoms with Gasteiger partial charge >= 0.3 is 5.97 Å². The molecule has 1 aliphatic heterocycles. The Labute approximate surface area is 164 Å². The monoisotopic (exact) mass is 384 g/mol. The molecule has 0 aliphatic carbocycles. The van der Waals surface area contributed by atoms with Crippen LogP contribution in [0.4, 0.5) is 5.69 Å². The number of benzene rings is 2. The molecule has 0 fully saturated rings. The minimum Gasteiger partial charge on any atom is -0.497 e. The lowest BCUT2D eigenvalue weighted by Gasteiger charge is -2.34. The summed E-state index contributed by atoms with van der Waals surface area (Å²) in [4.78, 5) is 26.8. The molecular weight excluding hydrogens is 360 g/mol. The van der Waals surface area contributed by atoms with Crippen molar-refractivity contribution in [3.05, 3.63) is 53.6 Å². The molecule has 1 N–H and O–H groups in total. The van der Waals surface area contributed by atoms with Crippen molar-refractivity contribution in [1.29, 1.82) is 0 Å². The molecule has 0 saturated heterocycles. The fourth-order valence-electron chi connectivity index (χ4n) is 3.39. The molecule has 3 rings (SSSR count). The zero-order chi connectivity index (χ0) is 20.1. The van der Waals surface area contributed by atoms with E-state index in [0.717, 1.165) is 11.1 Å². The van der Waals surface area contributed by atoms with E-state index in [1.54, 1.807) is 25.3 Å². The van der Waals surface area contributed by atoms with Crippen molar-refractivity contribution in [1.82, 2.24) is 4.90 Å². The van der Waals surface area contributed by atoms with Gasteiger partial charge in [-0.25, -0.2) is 0 Å². The van der Waals surface area contributed by atoms with Crippen LogP contribution in [0.1, 0.15) is 11.1 Å². The summed E-state index contributed by atoms with van der Waals surface area (Å²) in [5.74, 6) is 0.551. The Hall–Kier alpha value is -3.06. The first-order valence-corrected chi connectivity index (χ1v) is 8.96. The average molecular weight is 384 g/mol. The highest BCUT2D eigenvalue weighted by molar-refractivity contribution is 5.94. The first-order chi connectivity index (χ1) is 13.5. The van der Waals surface area contributed by atoms with Crippen LogP contribution in [0.25, 0.3) is 0 Å². The predicted octanol–water partition coefficient (Wildman–Crippen LogP) is 2.24. The second-order valence-corrected chi connectivity index (χ2v) is 6.53. The Kier molecular flexibility index (Phi) is 6.16. The highest BCUT2D eigenvalue weighted by Gasteiger charge is 2.33. The maximum absolute atomic E-state index is 12.7. The van der Waals surface area contributed by atoms with Gasteiger partial charge in [-0.2, -0.15) is 0 Å². The van der Waals surface area contributed by atoms with Gasteiger partial charge in [-0.1, -0.05) is 24.3 Å². The number of carbonyl (C=O) groups is 2. The molecule has 7 heteroatoms. The zero-order valence-corrected chi connectivity index (χ0v) is 16.2. The van der Waals surface area contributed by atoms with Gasteiger partial charge in [-0.3, -0.25) is 14.5 Å². The van der Waals surface area contributed by atoms with Crippen molar-refractivity contribution in [3.8, 4) is 11.5 Å². The minimum absolute atomic E-state index is 0.0588. The number of nitrogens with one attached hydrogen (secondary N) is 1. The third kappa shape index (κ3) is 4.26. The second kappa shape index (κ2) is 8.75. The van der Waals surface area contributed by atoms with Gasteiger partial charge < -0.3 is 19.5 Å². The van der Waals surface area contributed by atoms with Crippen molar-refractivity contribution >= 4 is 17.6 Å². The lowest BCUT2D eigenvalue weighted by molar-refractivity contribution is -0.148. The molecule has 148 valence electrons. The van der Waals surface area contributed by atoms with Crippen LogP contribution in [-0.4, -0.2) is 50.7 Å². The number of fused-ring (bicyclic) bond motifs is 1. The largest absolute Gasteiger partial charge is 0.497 e. The van der Waals surface area contributed by atoms with Crippen molar-refractivity contribution in [2.24, 2.45) is 0 Å². The summed E-state index contributed by atoms with van der Waals surface area (Å²) in [5, 5.41) is 2.85. The van der Waals surface area contributed by atoms with E-state index in [2.05, 4.69) is 5.32 Å². The SMILES string of the molecule is COC(=O)[C@@H]1Cc2ccccc2CN1CC(=O)Nc1ccc(OC)cc1OC. The van der Waals surface area contributed by atoms with Crippen LogP contribution in [0.3, 0.4) is 0 Å². The Morgan fingerprint density at radius 2 is 1.82 bits per heavy atom. The fraction of sp³-hybridized carbons (Fsp3) is 0.333. The minimum atomic E-state index is -0.497. The summed E-state index contributed by atoms with van der Waals surface area (Å²) in [6.45, 7) is 0.562. The van der Waals surface area contributed by atoms with Crippen LogP contribution < -0.4 is 14.8 Å². The second-order valence-electron chi connectivity index (χ2n) is 6.53. The number of rotatable bonds is 6. The molecule has 0 radical (unpaired) electrons. The first kappa shape index (κ1) is 19.7. The summed E-state index contributed by atoms with van der Waals surface area (Å²) in [6.07, 6.45) is 0.516. The van der Waals surface area contributed by atoms with Crippen LogP contribution in [0.2, 0.25) is 0 Å². The third-order valence-electron chi connectivity index (χ3n) is 4.85. The molecule has 0 aromatic heterocycles. The first-order valence-electron chi connectivity index (χ1n) is 8.96. The van der Waals surface area contributed by atoms with Crippen LogP contribution in [0.15, 0.2) is 42.5 Å². The lowest BCUT2D eigenvalue weighted by atomic mass is 9.94. The number of hydrogen-bond acceptors (Lipinski definition) is 6. The molecule has 1 amide bonds. The summed E-state index contributed by atoms with van der Waals surface area (Å²) in [5.41, 5.74) is 2.75. The molecule has 28 heavy (non-hydrogen) atoms. The Morgan fingerprint density at radius 1 is 1.07 bits per heavy atom. The van der Waals surface area contributed by atoms with Crippen molar-refractivity contribution in [2.75, 3.05) is 33.2 Å². The van der Waals surface area contributed by atoms with Crippen molar-refractivity contribution in [3.63, 3.8) is 0 Å². The Balaban J connectivity index is 1.75. The van der Waals surface area contributed by atoms with Crippen molar-refractivity contribution in [2.45, 2.75) is 19.0 Å². The molecule has 0 unspecified atom stereocenters. The number of anilines is 1. The number of carbonyl (C=O) groups excluding carboxylic acids is 2. The molecule has 1 aliphatic rings. The average Bonchev–Trinajstić information content (AvgIpc) is 2.72. The van der Waals surface area contributed by atoms with Gasteiger partial charge in [0.05, 0.1) is 33.6 Å². The summed E-state index contributed by atoms with van der Waals surface area (Å²) in [6, 6.07) is 12.6. The van der Waals surface area contributed by atoms with Gasteiger partial charge in [0, 0.05) is 12.6 Å². The molecular formula is C21H24N2O5. The fourth-order valence-corrected chi connectivity index (χ4v) is 3.39. The lowest BCUT2D eigenvalue weighted by Crippen LogP contribution is -2.49. The quantitative estimate of drug-likeness (QED) is 0.770. The van der Waals surface area contributed by atoms with E-state index in [-0.39, 0.29) is 18.4 Å².